The van der Waals surface area contributed by atoms with E-state index in [0.29, 0.717) is 6.04 Å². The van der Waals surface area contributed by atoms with Crippen LogP contribution in [0.1, 0.15) is 32.5 Å². The molecule has 0 N–H and O–H groups in total. The molecule has 1 aromatic heterocycles. The normalized spacial score (nSPS) is 11.6. The second-order valence-electron chi connectivity index (χ2n) is 3.94. The van der Waals surface area contributed by atoms with E-state index in [2.05, 4.69) is 59.0 Å². The Morgan fingerprint density at radius 2 is 2.27 bits per heavy atom. The Kier molecular flexibility index (Phi) is 5.32. The molecular weight excluding hydrogens is 254 g/mol. The largest absolute Gasteiger partial charge is 0.297 e. The summed E-state index contributed by atoms with van der Waals surface area (Å²) in [6.07, 6.45) is 2.06. The van der Waals surface area contributed by atoms with Gasteiger partial charge in [-0.2, -0.15) is 5.10 Å². The second kappa shape index (κ2) is 6.28. The van der Waals surface area contributed by atoms with Crippen LogP contribution in [0.3, 0.4) is 0 Å². The molecule has 0 saturated carbocycles. The molecule has 0 aliphatic carbocycles. The molecule has 0 amide bonds. The maximum atomic E-state index is 4.54. The van der Waals surface area contributed by atoms with Gasteiger partial charge in [0, 0.05) is 30.7 Å². The summed E-state index contributed by atoms with van der Waals surface area (Å²) < 4.78 is 2.01. The van der Waals surface area contributed by atoms with Crippen molar-refractivity contribution in [3.05, 3.63) is 18.0 Å². The quantitative estimate of drug-likeness (QED) is 0.744. The lowest BCUT2D eigenvalue weighted by molar-refractivity contribution is 0.293. The lowest BCUT2D eigenvalue weighted by atomic mass is 10.4. The second-order valence-corrected chi connectivity index (χ2v) is 4.73. The van der Waals surface area contributed by atoms with Crippen molar-refractivity contribution in [3.8, 4) is 0 Å². The average molecular weight is 274 g/mol. The molecule has 0 unspecified atom stereocenters. The van der Waals surface area contributed by atoms with Crippen LogP contribution in [0.25, 0.3) is 0 Å². The van der Waals surface area contributed by atoms with Crippen LogP contribution in [0.4, 0.5) is 0 Å². The van der Waals surface area contributed by atoms with Crippen LogP contribution < -0.4 is 0 Å². The minimum absolute atomic E-state index is 0.449. The predicted molar refractivity (Wildman–Crippen MR) is 67.4 cm³/mol. The van der Waals surface area contributed by atoms with Gasteiger partial charge in [0.25, 0.3) is 0 Å². The smallest absolute Gasteiger partial charge is 0.0764 e. The fourth-order valence-electron chi connectivity index (χ4n) is 1.45. The molecule has 0 fully saturated rings. The minimum Gasteiger partial charge on any atom is -0.297 e. The van der Waals surface area contributed by atoms with Crippen LogP contribution in [0.2, 0.25) is 0 Å². The molecule has 0 aliphatic heterocycles. The fraction of sp³-hybridized carbons (Fsp3) is 0.727. The van der Waals surface area contributed by atoms with Crippen LogP contribution >= 0.6 is 15.9 Å². The van der Waals surface area contributed by atoms with Crippen molar-refractivity contribution in [2.45, 2.75) is 33.4 Å². The van der Waals surface area contributed by atoms with Crippen molar-refractivity contribution in [1.29, 1.82) is 0 Å². The molecule has 1 aromatic rings. The Bertz CT molecular complexity index is 283. The van der Waals surface area contributed by atoms with Crippen LogP contribution in [0, 0.1) is 0 Å². The molecular formula is C11H20BrN3. The van der Waals surface area contributed by atoms with Crippen molar-refractivity contribution in [1.82, 2.24) is 14.7 Å². The maximum absolute atomic E-state index is 4.54. The zero-order valence-corrected chi connectivity index (χ0v) is 11.4. The lowest BCUT2D eigenvalue weighted by Crippen LogP contribution is -2.25. The highest BCUT2D eigenvalue weighted by Crippen LogP contribution is 2.06. The number of hydrogen-bond acceptors (Lipinski definition) is 2. The first-order valence-electron chi connectivity index (χ1n) is 5.49. The maximum Gasteiger partial charge on any atom is 0.0764 e. The summed E-state index contributed by atoms with van der Waals surface area (Å²) in [6.45, 7) is 9.56. The van der Waals surface area contributed by atoms with Gasteiger partial charge in [0.2, 0.25) is 0 Å². The van der Waals surface area contributed by atoms with Crippen molar-refractivity contribution in [3.63, 3.8) is 0 Å². The molecule has 86 valence electrons. The van der Waals surface area contributed by atoms with Gasteiger partial charge in [0.05, 0.1) is 5.69 Å². The molecule has 1 rings (SSSR count). The summed E-state index contributed by atoms with van der Waals surface area (Å²) >= 11 is 3.47. The van der Waals surface area contributed by atoms with Crippen molar-refractivity contribution in [2.75, 3.05) is 18.4 Å². The van der Waals surface area contributed by atoms with Crippen LogP contribution in [-0.4, -0.2) is 33.1 Å². The van der Waals surface area contributed by atoms with Crippen LogP contribution in [0.15, 0.2) is 12.3 Å². The highest BCUT2D eigenvalue weighted by molar-refractivity contribution is 9.09. The molecule has 0 bridgehead atoms. The number of halogens is 1. The fourth-order valence-corrected chi connectivity index (χ4v) is 1.95. The molecule has 0 radical (unpaired) electrons. The Labute approximate surface area is 101 Å². The molecule has 0 aliphatic rings. The lowest BCUT2D eigenvalue weighted by Gasteiger charge is -2.17. The van der Waals surface area contributed by atoms with Gasteiger partial charge in [0.15, 0.2) is 0 Å². The Hall–Kier alpha value is -0.350. The Morgan fingerprint density at radius 3 is 2.73 bits per heavy atom. The van der Waals surface area contributed by atoms with E-state index in [1.165, 1.54) is 0 Å². The van der Waals surface area contributed by atoms with E-state index >= 15 is 0 Å². The summed E-state index contributed by atoms with van der Waals surface area (Å²) in [4.78, 5) is 2.38. The first-order valence-corrected chi connectivity index (χ1v) is 6.61. The van der Waals surface area contributed by atoms with Gasteiger partial charge in [-0.05, 0) is 26.5 Å². The molecule has 1 heterocycles. The summed E-state index contributed by atoms with van der Waals surface area (Å²) in [5, 5.41) is 5.56. The first kappa shape index (κ1) is 12.7. The van der Waals surface area contributed by atoms with E-state index in [9.17, 15) is 0 Å². The van der Waals surface area contributed by atoms with Gasteiger partial charge in [-0.15, -0.1) is 0 Å². The highest BCUT2D eigenvalue weighted by atomic mass is 79.9. The summed E-state index contributed by atoms with van der Waals surface area (Å²) in [7, 11) is 0. The molecule has 15 heavy (non-hydrogen) atoms. The number of rotatable bonds is 6. The van der Waals surface area contributed by atoms with E-state index < -0.39 is 0 Å². The van der Waals surface area contributed by atoms with Gasteiger partial charge in [0.1, 0.15) is 0 Å². The Balaban J connectivity index is 2.55. The van der Waals surface area contributed by atoms with Gasteiger partial charge in [-0.3, -0.25) is 9.58 Å². The molecule has 0 saturated heterocycles. The number of hydrogen-bond donors (Lipinski definition) is 0. The van der Waals surface area contributed by atoms with Gasteiger partial charge in [-0.1, -0.05) is 22.9 Å². The monoisotopic (exact) mass is 273 g/mol. The third-order valence-corrected chi connectivity index (χ3v) is 2.78. The van der Waals surface area contributed by atoms with Crippen molar-refractivity contribution < 1.29 is 0 Å². The average Bonchev–Trinajstić information content (AvgIpc) is 2.65. The first-order chi connectivity index (χ1) is 7.17. The Morgan fingerprint density at radius 1 is 1.53 bits per heavy atom. The third-order valence-electron chi connectivity index (χ3n) is 2.43. The van der Waals surface area contributed by atoms with Crippen LogP contribution in [-0.2, 0) is 6.54 Å². The summed E-state index contributed by atoms with van der Waals surface area (Å²) in [5.41, 5.74) is 1.16. The minimum atomic E-state index is 0.449. The molecule has 0 atom stereocenters. The van der Waals surface area contributed by atoms with Crippen LogP contribution in [0.5, 0.6) is 0 Å². The van der Waals surface area contributed by atoms with Gasteiger partial charge < -0.3 is 0 Å². The summed E-state index contributed by atoms with van der Waals surface area (Å²) in [6, 6.07) is 2.56. The third kappa shape index (κ3) is 3.95. The predicted octanol–water partition coefficient (Wildman–Crippen LogP) is 2.68. The van der Waals surface area contributed by atoms with E-state index in [-0.39, 0.29) is 0 Å². The highest BCUT2D eigenvalue weighted by Gasteiger charge is 2.06. The van der Waals surface area contributed by atoms with Gasteiger partial charge in [-0.25, -0.2) is 0 Å². The molecule has 0 aromatic carbocycles. The number of alkyl halides is 1. The molecule has 4 heteroatoms. The van der Waals surface area contributed by atoms with E-state index in [1.54, 1.807) is 0 Å². The van der Waals surface area contributed by atoms with Crippen molar-refractivity contribution in [2.24, 2.45) is 0 Å². The van der Waals surface area contributed by atoms with Gasteiger partial charge >= 0.3 is 0 Å². The zero-order valence-electron chi connectivity index (χ0n) is 9.78. The topological polar surface area (TPSA) is 21.1 Å². The molecule has 0 spiro atoms. The molecule has 3 nitrogen and oxygen atoms in total. The standard InChI is InChI=1S/C11H20BrN3/c1-4-14(8-6-12)9-11-5-7-15(13-11)10(2)3/h5,7,10H,4,6,8-9H2,1-3H3. The van der Waals surface area contributed by atoms with E-state index in [4.69, 9.17) is 0 Å². The number of aromatic nitrogens is 2. The van der Waals surface area contributed by atoms with E-state index in [0.717, 1.165) is 30.7 Å². The van der Waals surface area contributed by atoms with Crippen molar-refractivity contribution >= 4 is 15.9 Å². The van der Waals surface area contributed by atoms with E-state index in [1.807, 2.05) is 4.68 Å². The SMILES string of the molecule is CCN(CCBr)Cc1ccn(C(C)C)n1. The zero-order chi connectivity index (χ0) is 11.3. The summed E-state index contributed by atoms with van der Waals surface area (Å²) in [5.74, 6) is 0. The number of nitrogens with zero attached hydrogens (tertiary/aromatic N) is 3.